The summed E-state index contributed by atoms with van der Waals surface area (Å²) in [6.45, 7) is 9.29. The molecule has 3 nitrogen and oxygen atoms in total. The van der Waals surface area contributed by atoms with Gasteiger partial charge < -0.3 is 4.90 Å². The summed E-state index contributed by atoms with van der Waals surface area (Å²) in [7, 11) is 0. The van der Waals surface area contributed by atoms with Gasteiger partial charge in [0.05, 0.1) is 40.1 Å². The van der Waals surface area contributed by atoms with Crippen molar-refractivity contribution in [1.82, 2.24) is 0 Å². The minimum atomic E-state index is -0.758. The highest BCUT2D eigenvalue weighted by atomic mass is 15.2. The minimum absolute atomic E-state index is 0.163. The summed E-state index contributed by atoms with van der Waals surface area (Å²) in [5, 5.41) is 20.9. The van der Waals surface area contributed by atoms with Crippen molar-refractivity contribution in [1.29, 1.82) is 10.5 Å². The number of benzene rings is 6. The van der Waals surface area contributed by atoms with E-state index in [0.717, 1.165) is 29.7 Å². The maximum Gasteiger partial charge on any atom is 0.0995 e. The molecule has 6 aromatic rings. The summed E-state index contributed by atoms with van der Waals surface area (Å²) in [5.41, 5.74) is 15.5. The Bertz CT molecular complexity index is 2390. The Morgan fingerprint density at radius 2 is 1.02 bits per heavy atom. The molecule has 0 aromatic heterocycles. The van der Waals surface area contributed by atoms with Crippen molar-refractivity contribution in [3.63, 3.8) is 0 Å². The lowest BCUT2D eigenvalue weighted by molar-refractivity contribution is 0.557. The Morgan fingerprint density at radius 3 is 1.58 bits per heavy atom. The highest BCUT2D eigenvalue weighted by Crippen LogP contribution is 2.59. The first-order chi connectivity index (χ1) is 24.2. The summed E-state index contributed by atoms with van der Waals surface area (Å²) in [6.07, 6.45) is 1.51. The number of nitrogens with zero attached hydrogens (tertiary/aromatic N) is 3. The monoisotopic (exact) mass is 643 g/mol. The topological polar surface area (TPSA) is 50.8 Å². The highest BCUT2D eigenvalue weighted by Gasteiger charge is 2.52. The molecule has 6 aromatic carbocycles. The second-order valence-corrected chi connectivity index (χ2v) is 15.1. The quantitative estimate of drug-likeness (QED) is 0.179. The largest absolute Gasteiger partial charge is 0.310 e. The van der Waals surface area contributed by atoms with Gasteiger partial charge in [-0.15, -0.1) is 0 Å². The zero-order valence-corrected chi connectivity index (χ0v) is 28.9. The SMILES string of the molecule is CC1(C)c2ccccc2N(c2ccc3c(c2)C2(c4ccccc4C(C)(C)c4ccccc42)c2cc(C#N)cc(C#N)c2CC3)c2ccccc21. The fraction of sp³-hybridized carbons (Fsp3) is 0.191. The Hall–Kier alpha value is -5.90. The van der Waals surface area contributed by atoms with Gasteiger partial charge in [0, 0.05) is 16.5 Å². The van der Waals surface area contributed by atoms with Crippen LogP contribution >= 0.6 is 0 Å². The standard InChI is InChI=1S/C47H37N3/c1-45(2)35-13-5-7-15-37(35)47(38-16-8-6-14-36(38)45)41-27-33(23-21-31(41)22-24-34-32(29-49)25-30(28-48)26-42(34)47)50-43-19-11-9-17-39(43)46(3,4)40-18-10-12-20-44(40)50/h5-21,23,25-27H,22,24H2,1-4H3. The number of hydrogen-bond donors (Lipinski definition) is 0. The molecule has 0 saturated heterocycles. The van der Waals surface area contributed by atoms with Crippen LogP contribution in [-0.4, -0.2) is 0 Å². The van der Waals surface area contributed by atoms with Crippen LogP contribution in [0.15, 0.2) is 127 Å². The molecule has 9 rings (SSSR count). The number of aryl methyl sites for hydroxylation is 1. The van der Waals surface area contributed by atoms with Gasteiger partial charge in [0.1, 0.15) is 0 Å². The summed E-state index contributed by atoms with van der Waals surface area (Å²) in [4.78, 5) is 2.44. The number of rotatable bonds is 1. The smallest absolute Gasteiger partial charge is 0.0995 e. The molecule has 0 atom stereocenters. The van der Waals surface area contributed by atoms with Crippen molar-refractivity contribution < 1.29 is 0 Å². The van der Waals surface area contributed by atoms with Gasteiger partial charge in [0.25, 0.3) is 0 Å². The number of fused-ring (bicyclic) bond motifs is 10. The third kappa shape index (κ3) is 3.84. The van der Waals surface area contributed by atoms with E-state index >= 15 is 0 Å². The molecule has 50 heavy (non-hydrogen) atoms. The van der Waals surface area contributed by atoms with Crippen molar-refractivity contribution in [2.45, 2.75) is 56.8 Å². The summed E-state index contributed by atoms with van der Waals surface area (Å²) in [5.74, 6) is 0. The van der Waals surface area contributed by atoms with Gasteiger partial charge in [-0.2, -0.15) is 10.5 Å². The minimum Gasteiger partial charge on any atom is -0.310 e. The molecule has 3 heteroatoms. The van der Waals surface area contributed by atoms with E-state index in [1.807, 2.05) is 0 Å². The first kappa shape index (κ1) is 30.2. The number of hydrogen-bond acceptors (Lipinski definition) is 3. The Kier molecular flexibility index (Phi) is 6.37. The van der Waals surface area contributed by atoms with E-state index in [4.69, 9.17) is 0 Å². The van der Waals surface area contributed by atoms with E-state index < -0.39 is 5.41 Å². The van der Waals surface area contributed by atoms with E-state index in [-0.39, 0.29) is 10.8 Å². The van der Waals surface area contributed by atoms with Crippen LogP contribution in [0.3, 0.4) is 0 Å². The molecule has 0 fully saturated rings. The lowest BCUT2D eigenvalue weighted by atomic mass is 9.53. The van der Waals surface area contributed by atoms with E-state index in [2.05, 4.69) is 166 Å². The number of nitriles is 2. The summed E-state index contributed by atoms with van der Waals surface area (Å²) >= 11 is 0. The third-order valence-electron chi connectivity index (χ3n) is 11.9. The maximum atomic E-state index is 10.6. The first-order valence-corrected chi connectivity index (χ1v) is 17.5. The summed E-state index contributed by atoms with van der Waals surface area (Å²) < 4.78 is 0. The zero-order valence-electron chi connectivity index (χ0n) is 28.9. The van der Waals surface area contributed by atoms with Crippen LogP contribution in [0.25, 0.3) is 0 Å². The van der Waals surface area contributed by atoms with Crippen molar-refractivity contribution in [2.75, 3.05) is 4.90 Å². The Labute approximate surface area is 294 Å². The van der Waals surface area contributed by atoms with E-state index in [0.29, 0.717) is 11.1 Å². The summed E-state index contributed by atoms with van der Waals surface area (Å²) in [6, 6.07) is 51.1. The number of para-hydroxylation sites is 2. The van der Waals surface area contributed by atoms with Crippen LogP contribution in [0.2, 0.25) is 0 Å². The van der Waals surface area contributed by atoms with E-state index in [1.165, 1.54) is 55.9 Å². The van der Waals surface area contributed by atoms with Gasteiger partial charge in [0.2, 0.25) is 0 Å². The second-order valence-electron chi connectivity index (χ2n) is 15.1. The third-order valence-corrected chi connectivity index (χ3v) is 11.9. The number of anilines is 3. The van der Waals surface area contributed by atoms with Crippen LogP contribution in [0.1, 0.15) is 94.5 Å². The van der Waals surface area contributed by atoms with Crippen LogP contribution in [0.5, 0.6) is 0 Å². The Morgan fingerprint density at radius 1 is 0.500 bits per heavy atom. The van der Waals surface area contributed by atoms with Gasteiger partial charge in [-0.3, -0.25) is 0 Å². The van der Waals surface area contributed by atoms with Crippen molar-refractivity contribution >= 4 is 17.1 Å². The molecule has 0 bridgehead atoms. The lowest BCUT2D eigenvalue weighted by Gasteiger charge is -2.49. The molecule has 1 spiro atoms. The van der Waals surface area contributed by atoms with Crippen molar-refractivity contribution in [3.8, 4) is 12.1 Å². The van der Waals surface area contributed by atoms with Crippen LogP contribution in [0, 0.1) is 22.7 Å². The second kappa shape index (κ2) is 10.5. The van der Waals surface area contributed by atoms with Crippen LogP contribution in [-0.2, 0) is 29.1 Å². The van der Waals surface area contributed by atoms with Gasteiger partial charge in [0.15, 0.2) is 0 Å². The predicted molar refractivity (Wildman–Crippen MR) is 201 cm³/mol. The first-order valence-electron chi connectivity index (χ1n) is 17.5. The van der Waals surface area contributed by atoms with Gasteiger partial charge >= 0.3 is 0 Å². The molecule has 0 radical (unpaired) electrons. The molecule has 1 heterocycles. The van der Waals surface area contributed by atoms with Gasteiger partial charge in [-0.1, -0.05) is 119 Å². The van der Waals surface area contributed by atoms with Crippen LogP contribution < -0.4 is 4.90 Å². The van der Waals surface area contributed by atoms with Crippen molar-refractivity contribution in [3.05, 3.63) is 194 Å². The molecular weight excluding hydrogens is 607 g/mol. The van der Waals surface area contributed by atoms with E-state index in [1.54, 1.807) is 6.07 Å². The van der Waals surface area contributed by atoms with Crippen LogP contribution in [0.4, 0.5) is 17.1 Å². The molecule has 3 aliphatic rings. The fourth-order valence-electron chi connectivity index (χ4n) is 9.64. The molecule has 240 valence electrons. The molecule has 0 unspecified atom stereocenters. The maximum absolute atomic E-state index is 10.6. The molecular formula is C47H37N3. The van der Waals surface area contributed by atoms with E-state index in [9.17, 15) is 10.5 Å². The highest BCUT2D eigenvalue weighted by molar-refractivity contribution is 5.87. The molecule has 2 aliphatic carbocycles. The zero-order chi connectivity index (χ0) is 34.4. The van der Waals surface area contributed by atoms with Gasteiger partial charge in [-0.25, -0.2) is 0 Å². The average Bonchev–Trinajstić information content (AvgIpc) is 3.29. The lowest BCUT2D eigenvalue weighted by Crippen LogP contribution is -2.42. The molecule has 0 amide bonds. The predicted octanol–water partition coefficient (Wildman–Crippen LogP) is 10.7. The van der Waals surface area contributed by atoms with Crippen molar-refractivity contribution in [2.24, 2.45) is 0 Å². The van der Waals surface area contributed by atoms with Gasteiger partial charge in [-0.05, 0) is 105 Å². The molecule has 1 aliphatic heterocycles. The molecule has 0 N–H and O–H groups in total. The fourth-order valence-corrected chi connectivity index (χ4v) is 9.64. The average molecular weight is 644 g/mol. The normalized spacial score (nSPS) is 16.6. The Balaban J connectivity index is 1.44. The molecule has 0 saturated carbocycles.